The van der Waals surface area contributed by atoms with Crippen LogP contribution >= 0.6 is 0 Å². The summed E-state index contributed by atoms with van der Waals surface area (Å²) in [6.45, 7) is 6.03. The molecule has 2 fully saturated rings. The van der Waals surface area contributed by atoms with Crippen LogP contribution in [0, 0.1) is 0 Å². The summed E-state index contributed by atoms with van der Waals surface area (Å²) in [5.74, 6) is 0.830. The first-order valence-electron chi connectivity index (χ1n) is 12.8. The van der Waals surface area contributed by atoms with Crippen LogP contribution in [0.2, 0.25) is 0 Å². The van der Waals surface area contributed by atoms with E-state index in [1.54, 1.807) is 10.6 Å². The fourth-order valence-corrected chi connectivity index (χ4v) is 9.01. The molecule has 3 heterocycles. The van der Waals surface area contributed by atoms with Crippen molar-refractivity contribution >= 4 is 21.3 Å². The molecule has 1 amide bonds. The van der Waals surface area contributed by atoms with E-state index in [9.17, 15) is 13.6 Å². The summed E-state index contributed by atoms with van der Waals surface area (Å²) in [5, 5.41) is -0.169. The average molecular weight is 499 g/mol. The Labute approximate surface area is 208 Å². The molecule has 1 saturated heterocycles. The van der Waals surface area contributed by atoms with E-state index in [2.05, 4.69) is 30.9 Å². The molecule has 2 atom stereocenters. The Bertz CT molecular complexity index is 1140. The highest BCUT2D eigenvalue weighted by molar-refractivity contribution is 8.13. The Kier molecular flexibility index (Phi) is 6.05. The molecule has 190 valence electrons. The number of piperazine rings is 1. The van der Waals surface area contributed by atoms with Crippen molar-refractivity contribution in [1.82, 2.24) is 14.1 Å². The number of hydrogen-bond donors (Lipinski definition) is 1. The number of hydrogen-bond acceptors (Lipinski definition) is 4. The molecule has 1 aromatic rings. The lowest BCUT2D eigenvalue weighted by Gasteiger charge is -2.56. The predicted octanol–water partition coefficient (Wildman–Crippen LogP) is 3.77. The van der Waals surface area contributed by atoms with Gasteiger partial charge in [-0.3, -0.25) is 14.3 Å². The van der Waals surface area contributed by atoms with Gasteiger partial charge in [0.05, 0.1) is 22.4 Å². The quantitative estimate of drug-likeness (QED) is 0.686. The lowest BCUT2D eigenvalue weighted by Crippen LogP contribution is -2.63. The molecule has 4 aliphatic rings. The highest BCUT2D eigenvalue weighted by atomic mass is 32.3. The molecular formula is C27H38N4O3S. The first-order valence-corrected chi connectivity index (χ1v) is 15.2. The van der Waals surface area contributed by atoms with Crippen LogP contribution in [-0.2, 0) is 19.9 Å². The van der Waals surface area contributed by atoms with Crippen LogP contribution in [0.5, 0.6) is 0 Å². The summed E-state index contributed by atoms with van der Waals surface area (Å²) < 4.78 is 26.9. The van der Waals surface area contributed by atoms with E-state index >= 15 is 0 Å². The van der Waals surface area contributed by atoms with E-state index in [1.165, 1.54) is 0 Å². The second-order valence-electron chi connectivity index (χ2n) is 10.8. The van der Waals surface area contributed by atoms with Crippen molar-refractivity contribution in [2.24, 2.45) is 4.99 Å². The molecule has 0 spiro atoms. The standard InChI is InChI=1S/C27H38N4O3S/c1-21-27(2,23-10-6-4-7-11-23)31-20-22(14-15-25(31)28-21)26(32)29-16-18-30(19-17-29)35(3,33,34)24-12-8-5-9-13-24/h4,6-7,10-11,14-15,20-21,24H,5,8-9,12-13,16-19H2,1-3H3,(H,33,34). The maximum Gasteiger partial charge on any atom is 0.255 e. The Morgan fingerprint density at radius 2 is 1.71 bits per heavy atom. The molecule has 1 aromatic carbocycles. The minimum absolute atomic E-state index is 0.0369. The smallest absolute Gasteiger partial charge is 0.255 e. The van der Waals surface area contributed by atoms with Gasteiger partial charge < -0.3 is 9.80 Å². The minimum Gasteiger partial charge on any atom is -0.336 e. The molecular weight excluding hydrogens is 460 g/mol. The summed E-state index contributed by atoms with van der Waals surface area (Å²) in [4.78, 5) is 22.3. The fourth-order valence-electron chi connectivity index (χ4n) is 6.11. The Balaban J connectivity index is 1.31. The minimum atomic E-state index is -3.90. The normalized spacial score (nSPS) is 29.3. The maximum absolute atomic E-state index is 13.8. The molecule has 5 rings (SSSR count). The monoisotopic (exact) mass is 498 g/mol. The molecule has 8 heteroatoms. The largest absolute Gasteiger partial charge is 0.336 e. The third kappa shape index (κ3) is 4.09. The van der Waals surface area contributed by atoms with E-state index in [1.807, 2.05) is 41.5 Å². The number of fused-ring (bicyclic) bond motifs is 1. The number of benzene rings is 1. The second-order valence-corrected chi connectivity index (χ2v) is 14.5. The molecule has 0 aromatic heterocycles. The number of carbonyl (C=O) groups excluding carboxylic acids is 1. The van der Waals surface area contributed by atoms with E-state index in [-0.39, 0.29) is 22.7 Å². The molecule has 1 aliphatic carbocycles. The number of aliphatic imine (C=N–C) groups is 1. The molecule has 1 N–H and O–H groups in total. The van der Waals surface area contributed by atoms with Gasteiger partial charge in [0, 0.05) is 38.6 Å². The van der Waals surface area contributed by atoms with Crippen molar-refractivity contribution in [2.45, 2.75) is 62.8 Å². The summed E-state index contributed by atoms with van der Waals surface area (Å²) in [5.41, 5.74) is 1.41. The highest BCUT2D eigenvalue weighted by Crippen LogP contribution is 2.41. The van der Waals surface area contributed by atoms with Crippen LogP contribution in [0.25, 0.3) is 0 Å². The van der Waals surface area contributed by atoms with Gasteiger partial charge in [-0.2, -0.15) is 4.21 Å². The Morgan fingerprint density at radius 1 is 1.06 bits per heavy atom. The zero-order chi connectivity index (χ0) is 24.9. The van der Waals surface area contributed by atoms with Crippen molar-refractivity contribution in [3.05, 3.63) is 59.8 Å². The van der Waals surface area contributed by atoms with Crippen molar-refractivity contribution in [3.63, 3.8) is 0 Å². The van der Waals surface area contributed by atoms with Gasteiger partial charge in [0.1, 0.15) is 5.84 Å². The first-order chi connectivity index (χ1) is 16.6. The molecule has 0 bridgehead atoms. The van der Waals surface area contributed by atoms with Crippen LogP contribution < -0.4 is 0 Å². The van der Waals surface area contributed by atoms with E-state index in [4.69, 9.17) is 4.99 Å². The fraction of sp³-hybridized carbons (Fsp3) is 0.556. The van der Waals surface area contributed by atoms with Crippen LogP contribution in [0.4, 0.5) is 0 Å². The van der Waals surface area contributed by atoms with Gasteiger partial charge in [-0.1, -0.05) is 49.6 Å². The van der Waals surface area contributed by atoms with Crippen LogP contribution in [-0.4, -0.2) is 78.3 Å². The predicted molar refractivity (Wildman–Crippen MR) is 141 cm³/mol. The number of rotatable bonds is 4. The molecule has 3 aliphatic heterocycles. The Morgan fingerprint density at radius 3 is 2.37 bits per heavy atom. The first kappa shape index (κ1) is 24.4. The average Bonchev–Trinajstić information content (AvgIpc) is 3.14. The maximum atomic E-state index is 13.8. The van der Waals surface area contributed by atoms with Gasteiger partial charge in [0.15, 0.2) is 0 Å². The lowest BCUT2D eigenvalue weighted by atomic mass is 9.85. The number of amides is 1. The summed E-state index contributed by atoms with van der Waals surface area (Å²) in [7, 11) is -3.90. The van der Waals surface area contributed by atoms with Crippen LogP contribution in [0.3, 0.4) is 0 Å². The van der Waals surface area contributed by atoms with E-state index in [0.717, 1.165) is 43.5 Å². The van der Waals surface area contributed by atoms with Crippen molar-refractivity contribution < 1.29 is 13.6 Å². The third-order valence-corrected chi connectivity index (χ3v) is 12.3. The molecule has 2 unspecified atom stereocenters. The molecule has 1 saturated carbocycles. The molecule has 7 nitrogen and oxygen atoms in total. The van der Waals surface area contributed by atoms with Crippen molar-refractivity contribution in [1.29, 1.82) is 0 Å². The Hall–Kier alpha value is -2.29. The zero-order valence-corrected chi connectivity index (χ0v) is 21.9. The number of nitrogens with zero attached hydrogens (tertiary/aromatic N) is 4. The third-order valence-electron chi connectivity index (χ3n) is 8.65. The van der Waals surface area contributed by atoms with Gasteiger partial charge in [0.2, 0.25) is 0 Å². The number of amidine groups is 1. The van der Waals surface area contributed by atoms with Crippen molar-refractivity contribution in [3.8, 4) is 0 Å². The van der Waals surface area contributed by atoms with Gasteiger partial charge >= 0.3 is 0 Å². The summed E-state index contributed by atoms with van der Waals surface area (Å²) >= 11 is 0. The summed E-state index contributed by atoms with van der Waals surface area (Å²) in [6, 6.07) is 10.3. The van der Waals surface area contributed by atoms with Crippen LogP contribution in [0.1, 0.15) is 51.5 Å². The summed E-state index contributed by atoms with van der Waals surface area (Å²) in [6.07, 6.45) is 12.1. The highest BCUT2D eigenvalue weighted by Gasteiger charge is 2.46. The van der Waals surface area contributed by atoms with E-state index in [0.29, 0.717) is 31.8 Å². The second kappa shape index (κ2) is 8.68. The van der Waals surface area contributed by atoms with E-state index < -0.39 is 9.53 Å². The zero-order valence-electron chi connectivity index (χ0n) is 21.1. The SMILES string of the molecule is CC1N=C2C=CC(C(=O)N3CCN(S(C)(=O)(O)C4CCCCC4)CC3)=CN2C1(C)c1ccccc1. The van der Waals surface area contributed by atoms with Crippen molar-refractivity contribution in [2.75, 3.05) is 32.4 Å². The van der Waals surface area contributed by atoms with Gasteiger partial charge in [-0.15, -0.1) is 9.53 Å². The van der Waals surface area contributed by atoms with Crippen LogP contribution in [0.15, 0.2) is 59.2 Å². The lowest BCUT2D eigenvalue weighted by molar-refractivity contribution is -0.128. The van der Waals surface area contributed by atoms with Gasteiger partial charge in [0.25, 0.3) is 5.91 Å². The topological polar surface area (TPSA) is 76.5 Å². The van der Waals surface area contributed by atoms with Gasteiger partial charge in [-0.05, 0) is 44.4 Å². The van der Waals surface area contributed by atoms with Gasteiger partial charge in [-0.25, -0.2) is 4.31 Å². The molecule has 0 radical (unpaired) electrons. The number of carbonyl (C=O) groups is 1. The molecule has 35 heavy (non-hydrogen) atoms.